The van der Waals surface area contributed by atoms with Gasteiger partial charge in [-0.3, -0.25) is 4.99 Å². The van der Waals surface area contributed by atoms with E-state index in [2.05, 4.69) is 22.1 Å². The summed E-state index contributed by atoms with van der Waals surface area (Å²) in [4.78, 5) is 6.73. The highest BCUT2D eigenvalue weighted by Crippen LogP contribution is 2.14. The summed E-state index contributed by atoms with van der Waals surface area (Å²) in [5.74, 6) is 0.871. The Morgan fingerprint density at radius 1 is 1.58 bits per heavy atom. The van der Waals surface area contributed by atoms with E-state index in [0.717, 1.165) is 49.2 Å². The van der Waals surface area contributed by atoms with Crippen molar-refractivity contribution >= 4 is 17.6 Å². The van der Waals surface area contributed by atoms with Crippen molar-refractivity contribution in [3.63, 3.8) is 0 Å². The number of aryl methyl sites for hydroxylation is 1. The number of halogens is 1. The van der Waals surface area contributed by atoms with Gasteiger partial charge >= 0.3 is 0 Å². The SMILES string of the molecule is CCNC(=NCCOCC1CCCO1)N(C)Cc1cc(Cl)cn1C. The Morgan fingerprint density at radius 2 is 2.42 bits per heavy atom. The zero-order valence-corrected chi connectivity index (χ0v) is 15.7. The average molecular weight is 357 g/mol. The summed E-state index contributed by atoms with van der Waals surface area (Å²) < 4.78 is 13.2. The first-order valence-corrected chi connectivity index (χ1v) is 8.97. The third kappa shape index (κ3) is 6.00. The molecule has 2 rings (SSSR count). The van der Waals surface area contributed by atoms with E-state index in [4.69, 9.17) is 21.1 Å². The van der Waals surface area contributed by atoms with Crippen LogP contribution in [0.5, 0.6) is 0 Å². The maximum absolute atomic E-state index is 6.05. The minimum Gasteiger partial charge on any atom is -0.377 e. The van der Waals surface area contributed by atoms with Crippen molar-refractivity contribution < 1.29 is 9.47 Å². The van der Waals surface area contributed by atoms with Crippen molar-refractivity contribution in [2.24, 2.45) is 12.0 Å². The number of rotatable bonds is 8. The third-order valence-electron chi connectivity index (χ3n) is 4.00. The molecule has 6 nitrogen and oxygen atoms in total. The molecule has 24 heavy (non-hydrogen) atoms. The van der Waals surface area contributed by atoms with Gasteiger partial charge in [-0.25, -0.2) is 0 Å². The van der Waals surface area contributed by atoms with Crippen molar-refractivity contribution in [1.29, 1.82) is 0 Å². The number of nitrogens with one attached hydrogen (secondary N) is 1. The second-order valence-electron chi connectivity index (χ2n) is 6.06. The predicted octanol–water partition coefficient (Wildman–Crippen LogP) is 2.27. The molecule has 1 aliphatic heterocycles. The lowest BCUT2D eigenvalue weighted by molar-refractivity contribution is 0.0199. The van der Waals surface area contributed by atoms with E-state index >= 15 is 0 Å². The number of aliphatic imine (C=N–C) groups is 1. The van der Waals surface area contributed by atoms with Crippen molar-refractivity contribution in [1.82, 2.24) is 14.8 Å². The Kier molecular flexibility index (Phi) is 7.88. The van der Waals surface area contributed by atoms with E-state index in [1.807, 2.05) is 30.9 Å². The zero-order valence-electron chi connectivity index (χ0n) is 14.9. The normalized spacial score (nSPS) is 18.2. The monoisotopic (exact) mass is 356 g/mol. The van der Waals surface area contributed by atoms with Crippen LogP contribution in [0.25, 0.3) is 0 Å². The predicted molar refractivity (Wildman–Crippen MR) is 97.7 cm³/mol. The van der Waals surface area contributed by atoms with E-state index in [1.165, 1.54) is 0 Å². The van der Waals surface area contributed by atoms with E-state index in [-0.39, 0.29) is 6.10 Å². The quantitative estimate of drug-likeness (QED) is 0.441. The number of hydrogen-bond donors (Lipinski definition) is 1. The number of ether oxygens (including phenoxy) is 2. The molecule has 1 unspecified atom stereocenters. The van der Waals surface area contributed by atoms with E-state index < -0.39 is 0 Å². The van der Waals surface area contributed by atoms with Crippen LogP contribution in [-0.4, -0.2) is 61.5 Å². The first kappa shape index (κ1) is 19.1. The van der Waals surface area contributed by atoms with Crippen molar-refractivity contribution in [2.75, 3.05) is 40.0 Å². The highest BCUT2D eigenvalue weighted by molar-refractivity contribution is 6.30. The molecule has 1 aliphatic rings. The fourth-order valence-corrected chi connectivity index (χ4v) is 2.99. The standard InChI is InChI=1S/C17H29ClN4O2/c1-4-19-17(20-7-9-23-13-16-6-5-8-24-16)22(3)12-15-10-14(18)11-21(15)2/h10-11,16H,4-9,12-13H2,1-3H3,(H,19,20). The first-order valence-electron chi connectivity index (χ1n) is 8.59. The average Bonchev–Trinajstić information content (AvgIpc) is 3.16. The maximum Gasteiger partial charge on any atom is 0.194 e. The van der Waals surface area contributed by atoms with Crippen LogP contribution in [0.4, 0.5) is 0 Å². The Labute approximate surface area is 149 Å². The number of guanidine groups is 1. The second-order valence-corrected chi connectivity index (χ2v) is 6.50. The Balaban J connectivity index is 1.79. The summed E-state index contributed by atoms with van der Waals surface area (Å²) >= 11 is 6.05. The number of aromatic nitrogens is 1. The topological polar surface area (TPSA) is 51.0 Å². The molecule has 1 aromatic rings. The van der Waals surface area contributed by atoms with Crippen LogP contribution in [-0.2, 0) is 23.1 Å². The largest absolute Gasteiger partial charge is 0.377 e. The molecular weight excluding hydrogens is 328 g/mol. The fraction of sp³-hybridized carbons (Fsp3) is 0.706. The Hall–Kier alpha value is -1.24. The van der Waals surface area contributed by atoms with Crippen LogP contribution in [0.15, 0.2) is 17.3 Å². The molecule has 0 spiro atoms. The van der Waals surface area contributed by atoms with Gasteiger partial charge in [-0.1, -0.05) is 11.6 Å². The summed E-state index contributed by atoms with van der Waals surface area (Å²) in [7, 11) is 4.02. The van der Waals surface area contributed by atoms with Crippen LogP contribution in [0.1, 0.15) is 25.5 Å². The molecule has 1 N–H and O–H groups in total. The van der Waals surface area contributed by atoms with Gasteiger partial charge in [-0.05, 0) is 25.8 Å². The summed E-state index contributed by atoms with van der Waals surface area (Å²) in [6.07, 6.45) is 4.43. The summed E-state index contributed by atoms with van der Waals surface area (Å²) in [5, 5.41) is 4.07. The van der Waals surface area contributed by atoms with Gasteiger partial charge in [-0.15, -0.1) is 0 Å². The van der Waals surface area contributed by atoms with Crippen LogP contribution in [0, 0.1) is 0 Å². The number of hydrogen-bond acceptors (Lipinski definition) is 3. The molecule has 0 aromatic carbocycles. The third-order valence-corrected chi connectivity index (χ3v) is 4.20. The van der Waals surface area contributed by atoms with E-state index in [1.54, 1.807) is 0 Å². The molecule has 0 radical (unpaired) electrons. The second kappa shape index (κ2) is 9.91. The molecule has 0 saturated carbocycles. The highest BCUT2D eigenvalue weighted by atomic mass is 35.5. The zero-order chi connectivity index (χ0) is 17.4. The van der Waals surface area contributed by atoms with Gasteiger partial charge < -0.3 is 24.3 Å². The Bertz CT molecular complexity index is 527. The van der Waals surface area contributed by atoms with Crippen molar-refractivity contribution in [2.45, 2.75) is 32.4 Å². The molecular formula is C17H29ClN4O2. The van der Waals surface area contributed by atoms with Crippen LogP contribution in [0.3, 0.4) is 0 Å². The van der Waals surface area contributed by atoms with Gasteiger partial charge in [0, 0.05) is 39.1 Å². The summed E-state index contributed by atoms with van der Waals surface area (Å²) in [6, 6.07) is 1.98. The summed E-state index contributed by atoms with van der Waals surface area (Å²) in [5.41, 5.74) is 1.14. The minimum absolute atomic E-state index is 0.270. The van der Waals surface area contributed by atoms with Gasteiger partial charge in [-0.2, -0.15) is 0 Å². The van der Waals surface area contributed by atoms with E-state index in [0.29, 0.717) is 19.8 Å². The van der Waals surface area contributed by atoms with Gasteiger partial charge in [0.1, 0.15) is 0 Å². The molecule has 0 bridgehead atoms. The molecule has 1 fully saturated rings. The van der Waals surface area contributed by atoms with Gasteiger partial charge in [0.2, 0.25) is 0 Å². The van der Waals surface area contributed by atoms with Crippen LogP contribution in [0.2, 0.25) is 5.02 Å². The van der Waals surface area contributed by atoms with E-state index in [9.17, 15) is 0 Å². The molecule has 1 saturated heterocycles. The fourth-order valence-electron chi connectivity index (χ4n) is 2.72. The first-order chi connectivity index (χ1) is 11.6. The van der Waals surface area contributed by atoms with Gasteiger partial charge in [0.25, 0.3) is 0 Å². The lowest BCUT2D eigenvalue weighted by Crippen LogP contribution is -2.39. The molecule has 2 heterocycles. The molecule has 7 heteroatoms. The van der Waals surface area contributed by atoms with Crippen molar-refractivity contribution in [3.05, 3.63) is 23.0 Å². The lowest BCUT2D eigenvalue weighted by Gasteiger charge is -2.22. The lowest BCUT2D eigenvalue weighted by atomic mass is 10.2. The van der Waals surface area contributed by atoms with Gasteiger partial charge in [0.05, 0.1) is 37.4 Å². The molecule has 1 atom stereocenters. The maximum atomic E-state index is 6.05. The smallest absolute Gasteiger partial charge is 0.194 e. The highest BCUT2D eigenvalue weighted by Gasteiger charge is 2.15. The minimum atomic E-state index is 0.270. The molecule has 136 valence electrons. The molecule has 0 aliphatic carbocycles. The van der Waals surface area contributed by atoms with Gasteiger partial charge in [0.15, 0.2) is 5.96 Å². The molecule has 1 aromatic heterocycles. The van der Waals surface area contributed by atoms with Crippen molar-refractivity contribution in [3.8, 4) is 0 Å². The number of nitrogens with zero attached hydrogens (tertiary/aromatic N) is 3. The Morgan fingerprint density at radius 3 is 3.04 bits per heavy atom. The molecule has 0 amide bonds. The van der Waals surface area contributed by atoms with Crippen LogP contribution < -0.4 is 5.32 Å². The summed E-state index contributed by atoms with van der Waals surface area (Å²) in [6.45, 7) is 6.41. The van der Waals surface area contributed by atoms with Crippen LogP contribution >= 0.6 is 11.6 Å².